The summed E-state index contributed by atoms with van der Waals surface area (Å²) in [5.74, 6) is 2.54. The molecule has 0 saturated carbocycles. The fourth-order valence-electron chi connectivity index (χ4n) is 5.00. The van der Waals surface area contributed by atoms with Crippen molar-refractivity contribution in [1.29, 1.82) is 0 Å². The van der Waals surface area contributed by atoms with Gasteiger partial charge in [0.25, 0.3) is 5.91 Å². The Labute approximate surface area is 219 Å². The second kappa shape index (κ2) is 10.4. The van der Waals surface area contributed by atoms with Gasteiger partial charge in [-0.3, -0.25) is 9.69 Å². The molecular formula is C28H28N6O2S. The lowest BCUT2D eigenvalue weighted by Gasteiger charge is -2.36. The first-order valence-electron chi connectivity index (χ1n) is 12.5. The van der Waals surface area contributed by atoms with Crippen LogP contribution in [0.1, 0.15) is 21.6 Å². The van der Waals surface area contributed by atoms with Crippen molar-refractivity contribution >= 4 is 39.5 Å². The maximum Gasteiger partial charge on any atom is 0.259 e. The summed E-state index contributed by atoms with van der Waals surface area (Å²) in [7, 11) is 0. The van der Waals surface area contributed by atoms with Crippen molar-refractivity contribution in [3.63, 3.8) is 0 Å². The summed E-state index contributed by atoms with van der Waals surface area (Å²) in [6.07, 6.45) is 2.39. The molecule has 6 rings (SSSR count). The number of carbonyl (C=O) groups excluding carboxylic acids is 1. The molecule has 1 unspecified atom stereocenters. The third kappa shape index (κ3) is 4.97. The van der Waals surface area contributed by atoms with Crippen LogP contribution in [0.25, 0.3) is 10.8 Å². The lowest BCUT2D eigenvalue weighted by atomic mass is 10.0. The molecule has 8 nitrogen and oxygen atoms in total. The molecule has 4 aromatic rings. The maximum absolute atomic E-state index is 12.6. The quantitative estimate of drug-likeness (QED) is 0.380. The van der Waals surface area contributed by atoms with Gasteiger partial charge in [0.15, 0.2) is 11.7 Å². The first-order chi connectivity index (χ1) is 18.2. The number of hydrogen-bond donors (Lipinski definition) is 0. The van der Waals surface area contributed by atoms with Crippen molar-refractivity contribution in [2.75, 3.05) is 54.2 Å². The highest BCUT2D eigenvalue weighted by Gasteiger charge is 2.29. The van der Waals surface area contributed by atoms with Crippen LogP contribution in [0.2, 0.25) is 0 Å². The average Bonchev–Trinajstić information content (AvgIpc) is 3.40. The zero-order valence-corrected chi connectivity index (χ0v) is 21.3. The van der Waals surface area contributed by atoms with Crippen LogP contribution in [-0.4, -0.2) is 74.9 Å². The fourth-order valence-corrected chi connectivity index (χ4v) is 6.15. The summed E-state index contributed by atoms with van der Waals surface area (Å²) in [6.45, 7) is 3.75. The SMILES string of the molecule is O=C(c1ccc(N2CCN(c3nnc(Cc4ccccc4)c4ccccc34)CC2)nc1)N1CC[S+]([O-])C1. The summed E-state index contributed by atoms with van der Waals surface area (Å²) in [5.41, 5.74) is 2.75. The molecule has 2 aliphatic rings. The number of nitrogens with zero attached hydrogens (tertiary/aromatic N) is 6. The summed E-state index contributed by atoms with van der Waals surface area (Å²) in [5, 5.41) is 11.6. The molecule has 0 aliphatic carbocycles. The molecule has 0 spiro atoms. The van der Waals surface area contributed by atoms with Crippen LogP contribution >= 0.6 is 0 Å². The Kier molecular flexibility index (Phi) is 6.63. The maximum atomic E-state index is 12.6. The van der Waals surface area contributed by atoms with Crippen molar-refractivity contribution in [3.8, 4) is 0 Å². The zero-order valence-electron chi connectivity index (χ0n) is 20.5. The van der Waals surface area contributed by atoms with E-state index in [-0.39, 0.29) is 5.91 Å². The highest BCUT2D eigenvalue weighted by molar-refractivity contribution is 7.91. The van der Waals surface area contributed by atoms with Gasteiger partial charge in [-0.2, -0.15) is 5.10 Å². The number of rotatable bonds is 5. The molecule has 2 aliphatic heterocycles. The molecular weight excluding hydrogens is 484 g/mol. The number of pyridine rings is 1. The Balaban J connectivity index is 1.14. The second-order valence-corrected chi connectivity index (χ2v) is 10.9. The lowest BCUT2D eigenvalue weighted by molar-refractivity contribution is 0.0801. The van der Waals surface area contributed by atoms with Crippen molar-refractivity contribution < 1.29 is 9.35 Å². The number of fused-ring (bicyclic) bond motifs is 1. The number of aromatic nitrogens is 3. The predicted molar refractivity (Wildman–Crippen MR) is 146 cm³/mol. The van der Waals surface area contributed by atoms with Crippen LogP contribution in [0.15, 0.2) is 72.9 Å². The van der Waals surface area contributed by atoms with Crippen LogP contribution in [0.3, 0.4) is 0 Å². The molecule has 0 radical (unpaired) electrons. The smallest absolute Gasteiger partial charge is 0.259 e. The minimum absolute atomic E-state index is 0.101. The van der Waals surface area contributed by atoms with E-state index in [2.05, 4.69) is 73.5 Å². The van der Waals surface area contributed by atoms with Gasteiger partial charge in [-0.15, -0.1) is 5.10 Å². The van der Waals surface area contributed by atoms with Gasteiger partial charge < -0.3 is 14.4 Å². The van der Waals surface area contributed by atoms with Gasteiger partial charge in [0, 0.05) is 49.6 Å². The Bertz CT molecular complexity index is 1390. The first-order valence-corrected chi connectivity index (χ1v) is 14.0. The number of benzene rings is 2. The molecule has 2 fully saturated rings. The van der Waals surface area contributed by atoms with E-state index >= 15 is 0 Å². The highest BCUT2D eigenvalue weighted by atomic mass is 32.2. The van der Waals surface area contributed by atoms with Gasteiger partial charge in [-0.1, -0.05) is 54.6 Å². The van der Waals surface area contributed by atoms with Gasteiger partial charge in [0.05, 0.1) is 17.8 Å². The summed E-state index contributed by atoms with van der Waals surface area (Å²) >= 11 is -0.933. The fraction of sp³-hybridized carbons (Fsp3) is 0.286. The first kappa shape index (κ1) is 23.7. The van der Waals surface area contributed by atoms with Gasteiger partial charge in [-0.25, -0.2) is 4.98 Å². The number of anilines is 2. The Hall–Kier alpha value is -3.69. The molecule has 1 amide bonds. The van der Waals surface area contributed by atoms with Crippen LogP contribution in [0.4, 0.5) is 11.6 Å². The molecule has 37 heavy (non-hydrogen) atoms. The van der Waals surface area contributed by atoms with E-state index < -0.39 is 11.2 Å². The van der Waals surface area contributed by atoms with E-state index in [0.29, 0.717) is 23.7 Å². The molecule has 0 bridgehead atoms. The van der Waals surface area contributed by atoms with Crippen LogP contribution < -0.4 is 9.80 Å². The molecule has 2 aromatic heterocycles. The van der Waals surface area contributed by atoms with E-state index in [1.807, 2.05) is 18.2 Å². The number of hydrogen-bond acceptors (Lipinski definition) is 7. The minimum Gasteiger partial charge on any atom is -0.615 e. The zero-order chi connectivity index (χ0) is 25.2. The van der Waals surface area contributed by atoms with Gasteiger partial charge >= 0.3 is 0 Å². The van der Waals surface area contributed by atoms with Crippen molar-refractivity contribution in [2.24, 2.45) is 0 Å². The van der Waals surface area contributed by atoms with Gasteiger partial charge in [0.2, 0.25) is 0 Å². The van der Waals surface area contributed by atoms with E-state index in [1.165, 1.54) is 5.56 Å². The molecule has 9 heteroatoms. The van der Waals surface area contributed by atoms with Crippen molar-refractivity contribution in [3.05, 3.63) is 89.7 Å². The Morgan fingerprint density at radius 3 is 2.27 bits per heavy atom. The molecule has 4 heterocycles. The number of piperazine rings is 1. The van der Waals surface area contributed by atoms with E-state index in [9.17, 15) is 9.35 Å². The molecule has 2 aromatic carbocycles. The number of amides is 1. The summed E-state index contributed by atoms with van der Waals surface area (Å²) in [6, 6.07) is 22.5. The average molecular weight is 513 g/mol. The Morgan fingerprint density at radius 1 is 0.838 bits per heavy atom. The van der Waals surface area contributed by atoms with E-state index in [0.717, 1.165) is 60.7 Å². The van der Waals surface area contributed by atoms with Crippen LogP contribution in [-0.2, 0) is 17.6 Å². The van der Waals surface area contributed by atoms with Crippen LogP contribution in [0, 0.1) is 0 Å². The van der Waals surface area contributed by atoms with Crippen molar-refractivity contribution in [2.45, 2.75) is 6.42 Å². The third-order valence-electron chi connectivity index (χ3n) is 7.03. The molecule has 0 N–H and O–H groups in total. The second-order valence-electron chi connectivity index (χ2n) is 9.40. The van der Waals surface area contributed by atoms with E-state index in [4.69, 9.17) is 0 Å². The monoisotopic (exact) mass is 512 g/mol. The standard InChI is InChI=1S/C28H28N6O2S/c35-28(34-16-17-37(36)20-34)22-10-11-26(29-19-22)32-12-14-33(15-13-32)27-24-9-5-4-8-23(24)25(30-31-27)18-21-6-2-1-3-7-21/h1-11,19H,12-18,20H2. The largest absolute Gasteiger partial charge is 0.615 e. The van der Waals surface area contributed by atoms with Crippen LogP contribution in [0.5, 0.6) is 0 Å². The van der Waals surface area contributed by atoms with Crippen molar-refractivity contribution in [1.82, 2.24) is 20.1 Å². The minimum atomic E-state index is -0.933. The normalized spacial score (nSPS) is 18.0. The molecule has 1 atom stereocenters. The molecule has 2 saturated heterocycles. The Morgan fingerprint density at radius 2 is 1.57 bits per heavy atom. The van der Waals surface area contributed by atoms with E-state index in [1.54, 1.807) is 11.1 Å². The third-order valence-corrected chi connectivity index (χ3v) is 8.27. The highest BCUT2D eigenvalue weighted by Crippen LogP contribution is 2.28. The van der Waals surface area contributed by atoms with Gasteiger partial charge in [-0.05, 0) is 28.9 Å². The topological polar surface area (TPSA) is 88.5 Å². The number of carbonyl (C=O) groups is 1. The summed E-state index contributed by atoms with van der Waals surface area (Å²) < 4.78 is 11.6. The predicted octanol–water partition coefficient (Wildman–Crippen LogP) is 3.10. The summed E-state index contributed by atoms with van der Waals surface area (Å²) in [4.78, 5) is 23.4. The van der Waals surface area contributed by atoms with Gasteiger partial charge in [0.1, 0.15) is 11.6 Å². The molecule has 188 valence electrons. The lowest BCUT2D eigenvalue weighted by Crippen LogP contribution is -2.47.